The predicted octanol–water partition coefficient (Wildman–Crippen LogP) is 6.12. The Balaban J connectivity index is 1.31. The van der Waals surface area contributed by atoms with Gasteiger partial charge in [0.2, 0.25) is 0 Å². The number of hydrogen-bond acceptors (Lipinski definition) is 2. The van der Waals surface area contributed by atoms with Crippen LogP contribution < -0.4 is 5.32 Å². The second-order valence-electron chi connectivity index (χ2n) is 8.67. The average molecular weight is 423 g/mol. The molecule has 154 valence electrons. The van der Waals surface area contributed by atoms with Gasteiger partial charge in [0.05, 0.1) is 5.52 Å². The molecule has 2 bridgehead atoms. The van der Waals surface area contributed by atoms with Gasteiger partial charge in [0.15, 0.2) is 0 Å². The molecule has 2 aliphatic carbocycles. The molecule has 30 heavy (non-hydrogen) atoms. The van der Waals surface area contributed by atoms with E-state index < -0.39 is 0 Å². The Morgan fingerprint density at radius 3 is 2.63 bits per heavy atom. The molecule has 2 aliphatic rings. The number of hydrogen-bond donors (Lipinski definition) is 1. The molecule has 4 atom stereocenters. The van der Waals surface area contributed by atoms with Crippen molar-refractivity contribution in [3.05, 3.63) is 76.7 Å². The number of amides is 1. The zero-order valence-corrected chi connectivity index (χ0v) is 17.4. The molecule has 2 saturated carbocycles. The van der Waals surface area contributed by atoms with E-state index in [-0.39, 0.29) is 17.8 Å². The van der Waals surface area contributed by atoms with Crippen LogP contribution in [0.2, 0.25) is 5.02 Å². The molecule has 2 aromatic carbocycles. The third kappa shape index (κ3) is 3.69. The van der Waals surface area contributed by atoms with E-state index in [4.69, 9.17) is 11.6 Å². The van der Waals surface area contributed by atoms with Gasteiger partial charge in [0, 0.05) is 28.2 Å². The van der Waals surface area contributed by atoms with Gasteiger partial charge in [-0.3, -0.25) is 9.78 Å². The summed E-state index contributed by atoms with van der Waals surface area (Å²) in [6, 6.07) is 14.2. The first kappa shape index (κ1) is 19.5. The molecular formula is C25H24ClFN2O. The van der Waals surface area contributed by atoms with E-state index in [1.54, 1.807) is 36.4 Å². The van der Waals surface area contributed by atoms with Crippen LogP contribution >= 0.6 is 11.6 Å². The number of benzene rings is 2. The molecule has 1 heterocycles. The highest BCUT2D eigenvalue weighted by Crippen LogP contribution is 2.48. The molecule has 5 rings (SSSR count). The van der Waals surface area contributed by atoms with E-state index >= 15 is 0 Å². The average Bonchev–Trinajstić information content (AvgIpc) is 2.76. The molecule has 0 radical (unpaired) electrons. The fourth-order valence-corrected chi connectivity index (χ4v) is 5.66. The van der Waals surface area contributed by atoms with E-state index in [0.29, 0.717) is 28.3 Å². The number of carbonyl (C=O) groups is 1. The number of pyridine rings is 1. The van der Waals surface area contributed by atoms with Crippen molar-refractivity contribution in [2.45, 2.75) is 44.1 Å². The molecule has 1 aromatic heterocycles. The van der Waals surface area contributed by atoms with Gasteiger partial charge in [-0.2, -0.15) is 0 Å². The normalized spacial score (nSPS) is 25.8. The zero-order valence-electron chi connectivity index (χ0n) is 16.7. The third-order valence-electron chi connectivity index (χ3n) is 7.00. The molecule has 0 saturated heterocycles. The fourth-order valence-electron chi connectivity index (χ4n) is 5.53. The summed E-state index contributed by atoms with van der Waals surface area (Å²) in [5, 5.41) is 4.84. The van der Waals surface area contributed by atoms with E-state index in [2.05, 4.69) is 16.4 Å². The number of nitrogens with zero attached hydrogens (tertiary/aromatic N) is 1. The molecule has 0 aliphatic heterocycles. The van der Waals surface area contributed by atoms with Gasteiger partial charge in [0.25, 0.3) is 5.91 Å². The fraction of sp³-hybridized carbons (Fsp3) is 0.360. The minimum absolute atomic E-state index is 0.0205. The molecular weight excluding hydrogens is 399 g/mol. The van der Waals surface area contributed by atoms with E-state index in [0.717, 1.165) is 43.0 Å². The van der Waals surface area contributed by atoms with Crippen LogP contribution in [0, 0.1) is 17.7 Å². The maximum atomic E-state index is 13.9. The molecule has 1 amide bonds. The Kier molecular flexibility index (Phi) is 5.20. The Hall–Kier alpha value is -2.46. The second kappa shape index (κ2) is 7.99. The molecule has 0 spiro atoms. The molecule has 2 fully saturated rings. The maximum absolute atomic E-state index is 13.9. The minimum Gasteiger partial charge on any atom is -0.349 e. The third-order valence-corrected chi connectivity index (χ3v) is 7.25. The number of rotatable bonds is 3. The Bertz CT molecular complexity index is 1080. The van der Waals surface area contributed by atoms with Crippen LogP contribution in [0.25, 0.3) is 10.9 Å². The van der Waals surface area contributed by atoms with Gasteiger partial charge in [0.1, 0.15) is 5.82 Å². The van der Waals surface area contributed by atoms with Crippen molar-refractivity contribution in [3.8, 4) is 0 Å². The first-order chi connectivity index (χ1) is 14.6. The number of halogens is 2. The molecule has 3 aromatic rings. The highest BCUT2D eigenvalue weighted by atomic mass is 35.5. The van der Waals surface area contributed by atoms with Crippen LogP contribution in [0.5, 0.6) is 0 Å². The quantitative estimate of drug-likeness (QED) is 0.552. The summed E-state index contributed by atoms with van der Waals surface area (Å²) in [6.45, 7) is 0. The topological polar surface area (TPSA) is 42.0 Å². The van der Waals surface area contributed by atoms with E-state index in [1.807, 2.05) is 6.20 Å². The van der Waals surface area contributed by atoms with Gasteiger partial charge in [-0.15, -0.1) is 0 Å². The summed E-state index contributed by atoms with van der Waals surface area (Å²) in [7, 11) is 0. The van der Waals surface area contributed by atoms with Crippen molar-refractivity contribution in [2.24, 2.45) is 11.8 Å². The highest BCUT2D eigenvalue weighted by Gasteiger charge is 2.40. The van der Waals surface area contributed by atoms with Crippen molar-refractivity contribution >= 4 is 28.4 Å². The smallest absolute Gasteiger partial charge is 0.251 e. The SMILES string of the molecule is O=C(N[C@H]1CC[C@@H]2C[C@H]1CC[C@@H]2c1ccnc2ccc(F)cc12)c1ccc(Cl)cc1. The minimum atomic E-state index is -0.209. The first-order valence-corrected chi connectivity index (χ1v) is 11.1. The second-order valence-corrected chi connectivity index (χ2v) is 9.10. The van der Waals surface area contributed by atoms with Gasteiger partial charge >= 0.3 is 0 Å². The van der Waals surface area contributed by atoms with Crippen LogP contribution in [0.3, 0.4) is 0 Å². The van der Waals surface area contributed by atoms with Crippen LogP contribution in [-0.2, 0) is 0 Å². The van der Waals surface area contributed by atoms with Crippen molar-refractivity contribution in [1.29, 1.82) is 0 Å². The monoisotopic (exact) mass is 422 g/mol. The first-order valence-electron chi connectivity index (χ1n) is 10.7. The molecule has 5 heteroatoms. The van der Waals surface area contributed by atoms with Crippen LogP contribution in [-0.4, -0.2) is 16.9 Å². The standard InChI is InChI=1S/C25H24ClFN2O/c26-18-5-1-15(2-6-18)25(30)29-23-9-4-16-13-17(23)3-8-20(16)21-11-12-28-24-10-7-19(27)14-22(21)24/h1-2,5-7,10-12,14,16-17,20,23H,3-4,8-9,13H2,(H,29,30)/t16-,17-,20+,23+/m1/s1. The van der Waals surface area contributed by atoms with Crippen LogP contribution in [0.1, 0.15) is 53.9 Å². The number of nitrogens with one attached hydrogen (secondary N) is 1. The van der Waals surface area contributed by atoms with Crippen LogP contribution in [0.4, 0.5) is 4.39 Å². The van der Waals surface area contributed by atoms with Gasteiger partial charge < -0.3 is 5.32 Å². The van der Waals surface area contributed by atoms with Gasteiger partial charge in [-0.05, 0) is 104 Å². The van der Waals surface area contributed by atoms with E-state index in [9.17, 15) is 9.18 Å². The molecule has 3 nitrogen and oxygen atoms in total. The summed E-state index contributed by atoms with van der Waals surface area (Å²) in [6.07, 6.45) is 7.16. The molecule has 0 unspecified atom stereocenters. The van der Waals surface area contributed by atoms with Crippen molar-refractivity contribution in [2.75, 3.05) is 0 Å². The lowest BCUT2D eigenvalue weighted by atomic mass is 9.63. The summed E-state index contributed by atoms with van der Waals surface area (Å²) in [5.41, 5.74) is 2.74. The van der Waals surface area contributed by atoms with Gasteiger partial charge in [-0.25, -0.2) is 4.39 Å². The Morgan fingerprint density at radius 1 is 1.00 bits per heavy atom. The van der Waals surface area contributed by atoms with E-state index in [1.165, 1.54) is 11.6 Å². The van der Waals surface area contributed by atoms with Crippen LogP contribution in [0.15, 0.2) is 54.7 Å². The maximum Gasteiger partial charge on any atom is 0.251 e. The van der Waals surface area contributed by atoms with Crippen molar-refractivity contribution in [1.82, 2.24) is 10.3 Å². The molecule has 1 N–H and O–H groups in total. The Morgan fingerprint density at radius 2 is 1.80 bits per heavy atom. The lowest BCUT2D eigenvalue weighted by molar-refractivity contribution is 0.0825. The summed E-state index contributed by atoms with van der Waals surface area (Å²) in [4.78, 5) is 17.1. The number of carbonyl (C=O) groups excluding carboxylic acids is 1. The van der Waals surface area contributed by atoms with Crippen molar-refractivity contribution in [3.63, 3.8) is 0 Å². The zero-order chi connectivity index (χ0) is 20.7. The Labute approximate surface area is 180 Å². The highest BCUT2D eigenvalue weighted by molar-refractivity contribution is 6.30. The lowest BCUT2D eigenvalue weighted by Crippen LogP contribution is -2.46. The van der Waals surface area contributed by atoms with Gasteiger partial charge in [-0.1, -0.05) is 11.6 Å². The number of fused-ring (bicyclic) bond motifs is 3. The summed E-state index contributed by atoms with van der Waals surface area (Å²) >= 11 is 5.93. The summed E-state index contributed by atoms with van der Waals surface area (Å²) in [5.74, 6) is 1.27. The number of aromatic nitrogens is 1. The lowest BCUT2D eigenvalue weighted by Gasteiger charge is -2.45. The van der Waals surface area contributed by atoms with Crippen molar-refractivity contribution < 1.29 is 9.18 Å². The summed E-state index contributed by atoms with van der Waals surface area (Å²) < 4.78 is 13.9. The largest absolute Gasteiger partial charge is 0.349 e. The predicted molar refractivity (Wildman–Crippen MR) is 117 cm³/mol.